The summed E-state index contributed by atoms with van der Waals surface area (Å²) in [7, 11) is 0. The van der Waals surface area contributed by atoms with Gasteiger partial charge in [-0.1, -0.05) is 28.1 Å². The van der Waals surface area contributed by atoms with Crippen molar-refractivity contribution in [3.05, 3.63) is 58.3 Å². The SMILES string of the molecule is CC(N)c1cccc(Oc2ccc(Br)cc2F)c1. The van der Waals surface area contributed by atoms with Crippen LogP contribution < -0.4 is 10.5 Å². The fraction of sp³-hybridized carbons (Fsp3) is 0.143. The van der Waals surface area contributed by atoms with Crippen molar-refractivity contribution in [2.45, 2.75) is 13.0 Å². The molecule has 0 radical (unpaired) electrons. The number of benzene rings is 2. The van der Waals surface area contributed by atoms with E-state index in [0.29, 0.717) is 10.2 Å². The van der Waals surface area contributed by atoms with Gasteiger partial charge < -0.3 is 10.5 Å². The van der Waals surface area contributed by atoms with Crippen molar-refractivity contribution in [3.8, 4) is 11.5 Å². The van der Waals surface area contributed by atoms with Crippen molar-refractivity contribution in [1.29, 1.82) is 0 Å². The number of hydrogen-bond donors (Lipinski definition) is 1. The smallest absolute Gasteiger partial charge is 0.166 e. The number of ether oxygens (including phenoxy) is 1. The van der Waals surface area contributed by atoms with Gasteiger partial charge in [0.15, 0.2) is 11.6 Å². The normalized spacial score (nSPS) is 12.2. The molecule has 0 aromatic heterocycles. The summed E-state index contributed by atoms with van der Waals surface area (Å²) in [5.41, 5.74) is 6.74. The number of nitrogens with two attached hydrogens (primary N) is 1. The van der Waals surface area contributed by atoms with Crippen molar-refractivity contribution in [2.75, 3.05) is 0 Å². The van der Waals surface area contributed by atoms with Gasteiger partial charge in [0.05, 0.1) is 0 Å². The van der Waals surface area contributed by atoms with Gasteiger partial charge in [0.1, 0.15) is 5.75 Å². The highest BCUT2D eigenvalue weighted by Gasteiger charge is 2.06. The Labute approximate surface area is 114 Å². The van der Waals surface area contributed by atoms with Crippen LogP contribution in [0.15, 0.2) is 46.9 Å². The molecule has 0 aliphatic rings. The second-order valence-electron chi connectivity index (χ2n) is 4.04. The Balaban J connectivity index is 2.25. The van der Waals surface area contributed by atoms with E-state index in [-0.39, 0.29) is 11.8 Å². The van der Waals surface area contributed by atoms with Crippen LogP contribution in [0.1, 0.15) is 18.5 Å². The minimum Gasteiger partial charge on any atom is -0.454 e. The van der Waals surface area contributed by atoms with Crippen LogP contribution in [0.5, 0.6) is 11.5 Å². The maximum absolute atomic E-state index is 13.6. The van der Waals surface area contributed by atoms with Crippen LogP contribution in [0.2, 0.25) is 0 Å². The third-order valence-electron chi connectivity index (χ3n) is 2.51. The summed E-state index contributed by atoms with van der Waals surface area (Å²) < 4.78 is 19.8. The first-order chi connectivity index (χ1) is 8.56. The summed E-state index contributed by atoms with van der Waals surface area (Å²) in [4.78, 5) is 0. The lowest BCUT2D eigenvalue weighted by atomic mass is 10.1. The average Bonchev–Trinajstić information content (AvgIpc) is 2.33. The van der Waals surface area contributed by atoms with Gasteiger partial charge in [-0.25, -0.2) is 4.39 Å². The van der Waals surface area contributed by atoms with Crippen LogP contribution >= 0.6 is 15.9 Å². The lowest BCUT2D eigenvalue weighted by Crippen LogP contribution is -2.04. The molecule has 2 N–H and O–H groups in total. The molecule has 0 aliphatic heterocycles. The van der Waals surface area contributed by atoms with Gasteiger partial charge in [0.25, 0.3) is 0 Å². The molecule has 0 bridgehead atoms. The molecule has 0 saturated heterocycles. The van der Waals surface area contributed by atoms with Crippen molar-refractivity contribution in [1.82, 2.24) is 0 Å². The zero-order valence-corrected chi connectivity index (χ0v) is 11.4. The van der Waals surface area contributed by atoms with E-state index in [0.717, 1.165) is 5.56 Å². The van der Waals surface area contributed by atoms with E-state index < -0.39 is 5.82 Å². The van der Waals surface area contributed by atoms with Crippen LogP contribution in [0.3, 0.4) is 0 Å². The summed E-state index contributed by atoms with van der Waals surface area (Å²) in [5.74, 6) is 0.363. The largest absolute Gasteiger partial charge is 0.454 e. The summed E-state index contributed by atoms with van der Waals surface area (Å²) in [6, 6.07) is 11.9. The number of halogens is 2. The molecule has 0 fully saturated rings. The third-order valence-corrected chi connectivity index (χ3v) is 3.00. The minimum atomic E-state index is -0.407. The lowest BCUT2D eigenvalue weighted by molar-refractivity contribution is 0.441. The molecule has 1 atom stereocenters. The lowest BCUT2D eigenvalue weighted by Gasteiger charge is -2.10. The first-order valence-corrected chi connectivity index (χ1v) is 6.34. The molecular formula is C14H13BrFNO. The Kier molecular flexibility index (Phi) is 3.99. The molecule has 0 saturated carbocycles. The zero-order valence-electron chi connectivity index (χ0n) is 9.86. The second kappa shape index (κ2) is 5.50. The minimum absolute atomic E-state index is 0.0803. The van der Waals surface area contributed by atoms with Crippen LogP contribution in [0, 0.1) is 5.82 Å². The van der Waals surface area contributed by atoms with Crippen LogP contribution in [-0.4, -0.2) is 0 Å². The molecule has 0 heterocycles. The Hall–Kier alpha value is -1.39. The first kappa shape index (κ1) is 13.1. The number of rotatable bonds is 3. The van der Waals surface area contributed by atoms with Gasteiger partial charge >= 0.3 is 0 Å². The quantitative estimate of drug-likeness (QED) is 0.912. The highest BCUT2D eigenvalue weighted by atomic mass is 79.9. The fourth-order valence-corrected chi connectivity index (χ4v) is 1.88. The van der Waals surface area contributed by atoms with E-state index in [9.17, 15) is 4.39 Å². The maximum Gasteiger partial charge on any atom is 0.166 e. The van der Waals surface area contributed by atoms with Gasteiger partial charge in [-0.2, -0.15) is 0 Å². The molecule has 18 heavy (non-hydrogen) atoms. The van der Waals surface area contributed by atoms with Gasteiger partial charge in [0.2, 0.25) is 0 Å². The summed E-state index contributed by atoms with van der Waals surface area (Å²) in [6.45, 7) is 1.89. The standard InChI is InChI=1S/C14H13BrFNO/c1-9(17)10-3-2-4-12(7-10)18-14-6-5-11(15)8-13(14)16/h2-9H,17H2,1H3. The van der Waals surface area contributed by atoms with Crippen molar-refractivity contribution in [3.63, 3.8) is 0 Å². The van der Waals surface area contributed by atoms with E-state index in [2.05, 4.69) is 15.9 Å². The average molecular weight is 310 g/mol. The van der Waals surface area contributed by atoms with Gasteiger partial charge in [-0.15, -0.1) is 0 Å². The van der Waals surface area contributed by atoms with Crippen LogP contribution in [0.25, 0.3) is 0 Å². The van der Waals surface area contributed by atoms with Crippen molar-refractivity contribution in [2.24, 2.45) is 5.73 Å². The molecule has 2 aromatic carbocycles. The molecule has 1 unspecified atom stereocenters. The zero-order chi connectivity index (χ0) is 13.1. The van der Waals surface area contributed by atoms with E-state index in [1.807, 2.05) is 25.1 Å². The fourth-order valence-electron chi connectivity index (χ4n) is 1.55. The Bertz CT molecular complexity index is 557. The molecule has 2 aromatic rings. The molecule has 2 nitrogen and oxygen atoms in total. The van der Waals surface area contributed by atoms with E-state index in [4.69, 9.17) is 10.5 Å². The van der Waals surface area contributed by atoms with Gasteiger partial charge in [-0.3, -0.25) is 0 Å². The Morgan fingerprint density at radius 2 is 2.00 bits per heavy atom. The van der Waals surface area contributed by atoms with E-state index in [1.165, 1.54) is 6.07 Å². The molecule has 0 aliphatic carbocycles. The molecule has 2 rings (SSSR count). The predicted octanol–water partition coefficient (Wildman–Crippen LogP) is 4.40. The van der Waals surface area contributed by atoms with E-state index >= 15 is 0 Å². The first-order valence-electron chi connectivity index (χ1n) is 5.54. The predicted molar refractivity (Wildman–Crippen MR) is 73.2 cm³/mol. The summed E-state index contributed by atoms with van der Waals surface area (Å²) in [5, 5.41) is 0. The maximum atomic E-state index is 13.6. The third kappa shape index (κ3) is 3.09. The summed E-state index contributed by atoms with van der Waals surface area (Å²) >= 11 is 3.20. The van der Waals surface area contributed by atoms with Crippen molar-refractivity contribution >= 4 is 15.9 Å². The summed E-state index contributed by atoms with van der Waals surface area (Å²) in [6.07, 6.45) is 0. The Morgan fingerprint density at radius 1 is 1.22 bits per heavy atom. The van der Waals surface area contributed by atoms with Crippen LogP contribution in [-0.2, 0) is 0 Å². The second-order valence-corrected chi connectivity index (χ2v) is 4.95. The Morgan fingerprint density at radius 3 is 2.67 bits per heavy atom. The molecule has 4 heteroatoms. The molecule has 0 spiro atoms. The highest BCUT2D eigenvalue weighted by Crippen LogP contribution is 2.28. The number of hydrogen-bond acceptors (Lipinski definition) is 2. The molecular weight excluding hydrogens is 297 g/mol. The highest BCUT2D eigenvalue weighted by molar-refractivity contribution is 9.10. The topological polar surface area (TPSA) is 35.2 Å². The van der Waals surface area contributed by atoms with Crippen LogP contribution in [0.4, 0.5) is 4.39 Å². The van der Waals surface area contributed by atoms with Gasteiger partial charge in [-0.05, 0) is 42.8 Å². The van der Waals surface area contributed by atoms with Gasteiger partial charge in [0, 0.05) is 10.5 Å². The van der Waals surface area contributed by atoms with Crippen molar-refractivity contribution < 1.29 is 9.13 Å². The van der Waals surface area contributed by atoms with E-state index in [1.54, 1.807) is 18.2 Å². The molecule has 94 valence electrons. The molecule has 0 amide bonds. The monoisotopic (exact) mass is 309 g/mol.